The van der Waals surface area contributed by atoms with Gasteiger partial charge in [0, 0.05) is 35.5 Å². The van der Waals surface area contributed by atoms with Crippen molar-refractivity contribution >= 4 is 34.3 Å². The summed E-state index contributed by atoms with van der Waals surface area (Å²) < 4.78 is 15.4. The van der Waals surface area contributed by atoms with Crippen molar-refractivity contribution in [2.24, 2.45) is 0 Å². The Morgan fingerprint density at radius 1 is 0.923 bits per heavy atom. The van der Waals surface area contributed by atoms with E-state index in [0.717, 1.165) is 52.7 Å². The van der Waals surface area contributed by atoms with Gasteiger partial charge in [0.2, 0.25) is 5.95 Å². The van der Waals surface area contributed by atoms with Gasteiger partial charge in [0.05, 0.1) is 5.52 Å². The lowest BCUT2D eigenvalue weighted by Gasteiger charge is -2.28. The molecule has 1 aliphatic heterocycles. The summed E-state index contributed by atoms with van der Waals surface area (Å²) in [5.41, 5.74) is 2.51. The van der Waals surface area contributed by atoms with Crippen molar-refractivity contribution in [1.82, 2.24) is 19.6 Å². The lowest BCUT2D eigenvalue weighted by Crippen LogP contribution is -2.34. The highest BCUT2D eigenvalue weighted by Gasteiger charge is 2.21. The molecule has 7 heteroatoms. The summed E-state index contributed by atoms with van der Waals surface area (Å²) in [6.07, 6.45) is 0. The molecule has 4 aromatic rings. The summed E-state index contributed by atoms with van der Waals surface area (Å²) >= 11 is 1.95. The average Bonchev–Trinajstić information content (AvgIpc) is 3.14. The van der Waals surface area contributed by atoms with E-state index in [1.54, 1.807) is 12.1 Å². The van der Waals surface area contributed by atoms with E-state index in [4.69, 9.17) is 4.98 Å². The Hall–Kier alpha value is -2.67. The summed E-state index contributed by atoms with van der Waals surface area (Å²) in [4.78, 5) is 7.21. The monoisotopic (exact) mass is 365 g/mol. The Labute approximate surface area is 153 Å². The van der Waals surface area contributed by atoms with Crippen LogP contribution in [0.15, 0.2) is 48.5 Å². The predicted molar refractivity (Wildman–Crippen MR) is 103 cm³/mol. The molecular weight excluding hydrogens is 349 g/mol. The van der Waals surface area contributed by atoms with Gasteiger partial charge in [0.25, 0.3) is 0 Å². The maximum absolute atomic E-state index is 13.4. The van der Waals surface area contributed by atoms with Gasteiger partial charge in [-0.25, -0.2) is 13.8 Å². The normalized spacial score (nSPS) is 15.0. The van der Waals surface area contributed by atoms with Crippen molar-refractivity contribution in [2.75, 3.05) is 29.5 Å². The van der Waals surface area contributed by atoms with E-state index in [9.17, 15) is 4.39 Å². The zero-order chi connectivity index (χ0) is 17.5. The Morgan fingerprint density at radius 2 is 1.69 bits per heavy atom. The van der Waals surface area contributed by atoms with E-state index < -0.39 is 0 Å². The van der Waals surface area contributed by atoms with Gasteiger partial charge < -0.3 is 4.90 Å². The molecule has 1 aliphatic rings. The van der Waals surface area contributed by atoms with Gasteiger partial charge in [0.1, 0.15) is 5.82 Å². The maximum Gasteiger partial charge on any atom is 0.213 e. The van der Waals surface area contributed by atoms with Crippen LogP contribution >= 0.6 is 11.8 Å². The number of nitrogens with zero attached hydrogens (tertiary/aromatic N) is 5. The molecule has 0 spiro atoms. The molecule has 3 heterocycles. The van der Waals surface area contributed by atoms with E-state index >= 15 is 0 Å². The first-order chi connectivity index (χ1) is 12.8. The highest BCUT2D eigenvalue weighted by Crippen LogP contribution is 2.29. The van der Waals surface area contributed by atoms with Crippen molar-refractivity contribution < 1.29 is 4.39 Å². The molecule has 0 N–H and O–H groups in total. The summed E-state index contributed by atoms with van der Waals surface area (Å²) in [7, 11) is 0. The number of halogens is 1. The van der Waals surface area contributed by atoms with Crippen LogP contribution in [-0.2, 0) is 0 Å². The number of hydrogen-bond acceptors (Lipinski definition) is 5. The molecular formula is C19H16FN5S. The molecule has 1 fully saturated rings. The lowest BCUT2D eigenvalue weighted by molar-refractivity contribution is 0.628. The first-order valence-corrected chi connectivity index (χ1v) is 9.69. The average molecular weight is 365 g/mol. The molecule has 1 saturated heterocycles. The Bertz CT molecular complexity index is 1090. The van der Waals surface area contributed by atoms with E-state index in [1.165, 1.54) is 12.1 Å². The van der Waals surface area contributed by atoms with Crippen molar-refractivity contribution in [3.63, 3.8) is 0 Å². The molecule has 0 unspecified atom stereocenters. The standard InChI is InChI=1S/C19H16FN5S/c20-14-7-5-13(6-8-14)17-22-23-18-15-3-1-2-4-16(15)21-19(25(17)18)24-9-11-26-12-10-24/h1-8H,9-12H2. The van der Waals surface area contributed by atoms with E-state index in [2.05, 4.69) is 15.1 Å². The zero-order valence-corrected chi connectivity index (χ0v) is 14.8. The van der Waals surface area contributed by atoms with Crippen LogP contribution in [0.3, 0.4) is 0 Å². The summed E-state index contributed by atoms with van der Waals surface area (Å²) in [5.74, 6) is 3.42. The third kappa shape index (κ3) is 2.50. The van der Waals surface area contributed by atoms with Crippen LogP contribution in [0.1, 0.15) is 0 Å². The van der Waals surface area contributed by atoms with E-state index in [0.29, 0.717) is 5.82 Å². The van der Waals surface area contributed by atoms with Gasteiger partial charge in [-0.3, -0.25) is 0 Å². The van der Waals surface area contributed by atoms with Crippen LogP contribution in [0, 0.1) is 5.82 Å². The van der Waals surface area contributed by atoms with Crippen LogP contribution in [0.25, 0.3) is 27.9 Å². The molecule has 5 nitrogen and oxygen atoms in total. The maximum atomic E-state index is 13.4. The number of anilines is 1. The molecule has 0 radical (unpaired) electrons. The predicted octanol–water partition coefficient (Wildman–Crippen LogP) is 3.64. The summed E-state index contributed by atoms with van der Waals surface area (Å²) in [6, 6.07) is 14.3. The summed E-state index contributed by atoms with van der Waals surface area (Å²) in [6.45, 7) is 1.87. The number of hydrogen-bond donors (Lipinski definition) is 0. The van der Waals surface area contributed by atoms with Crippen LogP contribution in [0.4, 0.5) is 10.3 Å². The fraction of sp³-hybridized carbons (Fsp3) is 0.211. The van der Waals surface area contributed by atoms with Crippen molar-refractivity contribution in [3.05, 3.63) is 54.3 Å². The molecule has 0 bridgehead atoms. The minimum absolute atomic E-state index is 0.264. The second kappa shape index (κ2) is 6.25. The highest BCUT2D eigenvalue weighted by molar-refractivity contribution is 7.99. The molecule has 5 rings (SSSR count). The molecule has 0 saturated carbocycles. The van der Waals surface area contributed by atoms with E-state index in [-0.39, 0.29) is 5.82 Å². The summed E-state index contributed by atoms with van der Waals surface area (Å²) in [5, 5.41) is 9.83. The first-order valence-electron chi connectivity index (χ1n) is 8.54. The van der Waals surface area contributed by atoms with Gasteiger partial charge in [-0.2, -0.15) is 11.8 Å². The largest absolute Gasteiger partial charge is 0.340 e. The zero-order valence-electron chi connectivity index (χ0n) is 14.0. The SMILES string of the molecule is Fc1ccc(-c2nnc3c4ccccc4nc(N4CCSCC4)n23)cc1. The van der Waals surface area contributed by atoms with Gasteiger partial charge in [-0.1, -0.05) is 12.1 Å². The van der Waals surface area contributed by atoms with Crippen LogP contribution in [0.5, 0.6) is 0 Å². The number of thioether (sulfide) groups is 1. The topological polar surface area (TPSA) is 46.3 Å². The molecule has 2 aromatic carbocycles. The van der Waals surface area contributed by atoms with E-state index in [1.807, 2.05) is 40.4 Å². The third-order valence-corrected chi connectivity index (χ3v) is 5.57. The molecule has 0 amide bonds. The third-order valence-electron chi connectivity index (χ3n) is 4.62. The fourth-order valence-electron chi connectivity index (χ4n) is 3.33. The molecule has 0 atom stereocenters. The molecule has 0 aliphatic carbocycles. The minimum atomic E-state index is -0.264. The van der Waals surface area contributed by atoms with Gasteiger partial charge in [0.15, 0.2) is 11.5 Å². The van der Waals surface area contributed by atoms with Crippen molar-refractivity contribution in [2.45, 2.75) is 0 Å². The number of benzene rings is 2. The molecule has 130 valence electrons. The Morgan fingerprint density at radius 3 is 2.50 bits per heavy atom. The Balaban J connectivity index is 1.81. The van der Waals surface area contributed by atoms with Gasteiger partial charge in [-0.05, 0) is 36.4 Å². The van der Waals surface area contributed by atoms with Gasteiger partial charge in [-0.15, -0.1) is 10.2 Å². The van der Waals surface area contributed by atoms with Crippen LogP contribution in [0.2, 0.25) is 0 Å². The fourth-order valence-corrected chi connectivity index (χ4v) is 4.23. The second-order valence-electron chi connectivity index (χ2n) is 6.22. The molecule has 2 aromatic heterocycles. The van der Waals surface area contributed by atoms with Crippen molar-refractivity contribution in [1.29, 1.82) is 0 Å². The highest BCUT2D eigenvalue weighted by atomic mass is 32.2. The number of para-hydroxylation sites is 1. The molecule has 26 heavy (non-hydrogen) atoms. The van der Waals surface area contributed by atoms with Crippen LogP contribution < -0.4 is 4.90 Å². The van der Waals surface area contributed by atoms with Gasteiger partial charge >= 0.3 is 0 Å². The minimum Gasteiger partial charge on any atom is -0.340 e. The number of aromatic nitrogens is 4. The second-order valence-corrected chi connectivity index (χ2v) is 7.44. The first kappa shape index (κ1) is 15.6. The lowest BCUT2D eigenvalue weighted by atomic mass is 10.2. The number of fused-ring (bicyclic) bond motifs is 3. The van der Waals surface area contributed by atoms with Crippen LogP contribution in [-0.4, -0.2) is 44.2 Å². The Kier molecular flexibility index (Phi) is 3.74. The number of rotatable bonds is 2. The van der Waals surface area contributed by atoms with Crippen molar-refractivity contribution in [3.8, 4) is 11.4 Å². The quantitative estimate of drug-likeness (QED) is 0.543. The smallest absolute Gasteiger partial charge is 0.213 e.